The molecule has 1 atom stereocenters. The van der Waals surface area contributed by atoms with Crippen molar-refractivity contribution in [2.75, 3.05) is 58.9 Å². The quantitative estimate of drug-likeness (QED) is 0.228. The number of halogens is 1. The van der Waals surface area contributed by atoms with Crippen molar-refractivity contribution < 1.29 is 28.3 Å². The topological polar surface area (TPSA) is 174 Å². The molecule has 322 valence electrons. The van der Waals surface area contributed by atoms with Crippen LogP contribution in [-0.2, 0) is 20.7 Å². The van der Waals surface area contributed by atoms with Crippen LogP contribution in [0.15, 0.2) is 65.8 Å². The van der Waals surface area contributed by atoms with Crippen molar-refractivity contribution in [2.24, 2.45) is 5.92 Å². The number of hydrogen-bond acceptors (Lipinski definition) is 10. The molecule has 1 saturated carbocycles. The third-order valence-corrected chi connectivity index (χ3v) is 12.8. The monoisotopic (exact) mass is 835 g/mol. The lowest BCUT2D eigenvalue weighted by molar-refractivity contribution is -0.140. The molecule has 4 aliphatic rings. The normalized spacial score (nSPS) is 19.2. The molecule has 1 aliphatic carbocycles. The lowest BCUT2D eigenvalue weighted by Crippen LogP contribution is -2.55. The summed E-state index contributed by atoms with van der Waals surface area (Å²) in [7, 11) is 0. The van der Waals surface area contributed by atoms with Gasteiger partial charge in [0, 0.05) is 70.4 Å². The second kappa shape index (κ2) is 19.4. The number of aromatic nitrogens is 4. The molecular weight excluding hydrogens is 782 g/mol. The number of nitrogens with zero attached hydrogens (tertiary/aromatic N) is 7. The minimum absolute atomic E-state index is 0.0112. The fourth-order valence-electron chi connectivity index (χ4n) is 9.34. The number of ether oxygens (including phenoxy) is 1. The molecule has 0 bridgehead atoms. The van der Waals surface area contributed by atoms with Crippen molar-refractivity contribution in [3.05, 3.63) is 99.7 Å². The molecule has 3 aliphatic heterocycles. The van der Waals surface area contributed by atoms with E-state index in [4.69, 9.17) is 4.74 Å². The lowest BCUT2D eigenvalue weighted by atomic mass is 9.83. The Kier molecular flexibility index (Phi) is 13.4. The summed E-state index contributed by atoms with van der Waals surface area (Å²) < 4.78 is 21.6. The van der Waals surface area contributed by atoms with Gasteiger partial charge in [0.25, 0.3) is 17.4 Å². The maximum absolute atomic E-state index is 15.0. The number of nitrogens with one attached hydrogen (secondary N) is 2. The molecule has 5 heterocycles. The van der Waals surface area contributed by atoms with Crippen molar-refractivity contribution >= 4 is 34.4 Å². The first-order valence-electron chi connectivity index (χ1n) is 21.8. The lowest BCUT2D eigenvalue weighted by Gasteiger charge is -2.40. The van der Waals surface area contributed by atoms with Gasteiger partial charge in [0.05, 0.1) is 35.4 Å². The molecule has 0 unspecified atom stereocenters. The number of benzene rings is 2. The van der Waals surface area contributed by atoms with E-state index in [0.717, 1.165) is 70.9 Å². The predicted octanol–water partition coefficient (Wildman–Crippen LogP) is 3.58. The van der Waals surface area contributed by atoms with Crippen LogP contribution in [0, 0.1) is 11.7 Å². The largest absolute Gasteiger partial charge is 0.375 e. The molecule has 0 radical (unpaired) electrons. The number of fused-ring (bicyclic) bond motifs is 1. The Labute approximate surface area is 354 Å². The van der Waals surface area contributed by atoms with Gasteiger partial charge in [-0.15, -0.1) is 0 Å². The van der Waals surface area contributed by atoms with E-state index in [9.17, 15) is 24.0 Å². The first kappa shape index (κ1) is 42.1. The van der Waals surface area contributed by atoms with Gasteiger partial charge in [0.15, 0.2) is 0 Å². The van der Waals surface area contributed by atoms with Gasteiger partial charge < -0.3 is 24.8 Å². The van der Waals surface area contributed by atoms with Gasteiger partial charge in [-0.05, 0) is 74.3 Å². The van der Waals surface area contributed by atoms with Crippen molar-refractivity contribution in [3.8, 4) is 0 Å². The first-order valence-corrected chi connectivity index (χ1v) is 21.8. The zero-order valence-corrected chi connectivity index (χ0v) is 34.5. The SMILES string of the molecule is O=C(N[C@@H](C(=O)N1CCC(OC2CCN(CC(=O)N3CCN(C(=O)c4cc(Cc5n[nH]c(=O)c6ccccc56)ccc4F)CC3)CC2)CC1)C1CCCCC1)c1ccncn1. The standard InChI is InChI=1S/C45H54FN9O6/c46-37-11-10-30(27-39-34-8-4-5-9-35(34)42(57)51-50-39)26-36(37)44(59)55-24-22-53(23-25-55)40(56)28-52-18-13-32(14-19-52)61-33-15-20-54(21-16-33)45(60)41(31-6-2-1-3-7-31)49-43(58)38-12-17-47-29-48-38/h4-5,8-12,17,26,29,31-33,41H,1-3,6-7,13-16,18-25,27-28H2,(H,49,58)(H,51,57)/t41-/m1/s1. The first-order chi connectivity index (χ1) is 29.7. The van der Waals surface area contributed by atoms with E-state index in [2.05, 4.69) is 30.4 Å². The molecule has 3 saturated heterocycles. The maximum Gasteiger partial charge on any atom is 0.272 e. The summed E-state index contributed by atoms with van der Waals surface area (Å²) >= 11 is 0. The van der Waals surface area contributed by atoms with Gasteiger partial charge in [0.1, 0.15) is 23.9 Å². The maximum atomic E-state index is 15.0. The van der Waals surface area contributed by atoms with E-state index >= 15 is 4.39 Å². The molecule has 4 aromatic rings. The number of piperidine rings is 2. The van der Waals surface area contributed by atoms with Gasteiger partial charge in [0.2, 0.25) is 11.8 Å². The van der Waals surface area contributed by atoms with Crippen LogP contribution in [0.4, 0.5) is 4.39 Å². The summed E-state index contributed by atoms with van der Waals surface area (Å²) in [6.45, 7) is 4.28. The van der Waals surface area contributed by atoms with Crippen molar-refractivity contribution in [1.82, 2.24) is 45.1 Å². The number of rotatable bonds is 11. The number of H-pyrrole nitrogens is 1. The van der Waals surface area contributed by atoms with E-state index in [0.29, 0.717) is 74.3 Å². The second-order valence-corrected chi connectivity index (χ2v) is 16.8. The minimum Gasteiger partial charge on any atom is -0.375 e. The summed E-state index contributed by atoms with van der Waals surface area (Å²) in [6.07, 6.45) is 11.5. The zero-order chi connectivity index (χ0) is 42.3. The average molecular weight is 836 g/mol. The fourth-order valence-corrected chi connectivity index (χ4v) is 9.34. The van der Waals surface area contributed by atoms with E-state index in [1.54, 1.807) is 40.1 Å². The van der Waals surface area contributed by atoms with Crippen LogP contribution < -0.4 is 10.9 Å². The number of piperazine rings is 1. The molecule has 2 aromatic carbocycles. The Balaban J connectivity index is 0.761. The number of likely N-dealkylation sites (tertiary alicyclic amines) is 2. The zero-order valence-electron chi connectivity index (χ0n) is 34.5. The van der Waals surface area contributed by atoms with E-state index < -0.39 is 17.8 Å². The van der Waals surface area contributed by atoms with Gasteiger partial charge in [-0.3, -0.25) is 28.9 Å². The predicted molar refractivity (Wildman–Crippen MR) is 224 cm³/mol. The van der Waals surface area contributed by atoms with E-state index in [-0.39, 0.29) is 52.7 Å². The van der Waals surface area contributed by atoms with Crippen LogP contribution in [0.5, 0.6) is 0 Å². The Morgan fingerprint density at radius 1 is 0.803 bits per heavy atom. The Morgan fingerprint density at radius 2 is 1.49 bits per heavy atom. The molecule has 8 rings (SSSR count). The summed E-state index contributed by atoms with van der Waals surface area (Å²) in [5.41, 5.74) is 1.26. The van der Waals surface area contributed by atoms with Gasteiger partial charge in [-0.2, -0.15) is 5.10 Å². The van der Waals surface area contributed by atoms with Gasteiger partial charge in [-0.25, -0.2) is 19.5 Å². The highest BCUT2D eigenvalue weighted by molar-refractivity contribution is 5.96. The van der Waals surface area contributed by atoms with Crippen molar-refractivity contribution in [2.45, 2.75) is 82.5 Å². The number of amides is 4. The van der Waals surface area contributed by atoms with Crippen molar-refractivity contribution in [3.63, 3.8) is 0 Å². The molecular formula is C45H54FN9O6. The highest BCUT2D eigenvalue weighted by Crippen LogP contribution is 2.29. The Bertz CT molecular complexity index is 2250. The summed E-state index contributed by atoms with van der Waals surface area (Å²) in [5.74, 6) is -1.29. The molecule has 61 heavy (non-hydrogen) atoms. The molecule has 4 fully saturated rings. The van der Waals surface area contributed by atoms with E-state index in [1.165, 1.54) is 18.6 Å². The number of carbonyl (C=O) groups excluding carboxylic acids is 4. The Morgan fingerprint density at radius 3 is 2.20 bits per heavy atom. The van der Waals surface area contributed by atoms with Crippen LogP contribution in [-0.4, -0.2) is 141 Å². The third kappa shape index (κ3) is 10.1. The molecule has 2 aromatic heterocycles. The molecule has 0 spiro atoms. The molecule has 2 N–H and O–H groups in total. The summed E-state index contributed by atoms with van der Waals surface area (Å²) in [4.78, 5) is 81.4. The van der Waals surface area contributed by atoms with Crippen LogP contribution in [0.3, 0.4) is 0 Å². The highest BCUT2D eigenvalue weighted by atomic mass is 19.1. The van der Waals surface area contributed by atoms with Gasteiger partial charge >= 0.3 is 0 Å². The van der Waals surface area contributed by atoms with E-state index in [1.807, 2.05) is 17.0 Å². The van der Waals surface area contributed by atoms with Gasteiger partial charge in [-0.1, -0.05) is 43.5 Å². The number of carbonyl (C=O) groups is 4. The van der Waals surface area contributed by atoms with Crippen LogP contribution in [0.1, 0.15) is 89.9 Å². The van der Waals surface area contributed by atoms with Crippen LogP contribution in [0.2, 0.25) is 0 Å². The third-order valence-electron chi connectivity index (χ3n) is 12.8. The summed E-state index contributed by atoms with van der Waals surface area (Å²) in [6, 6.07) is 12.6. The molecule has 4 amide bonds. The average Bonchev–Trinajstić information content (AvgIpc) is 3.31. The van der Waals surface area contributed by atoms with Crippen LogP contribution >= 0.6 is 0 Å². The number of hydrogen-bond donors (Lipinski definition) is 2. The van der Waals surface area contributed by atoms with Crippen LogP contribution in [0.25, 0.3) is 10.8 Å². The Hall–Kier alpha value is -5.61. The number of aromatic amines is 1. The summed E-state index contributed by atoms with van der Waals surface area (Å²) in [5, 5.41) is 11.0. The highest BCUT2D eigenvalue weighted by Gasteiger charge is 2.37. The minimum atomic E-state index is -0.611. The smallest absolute Gasteiger partial charge is 0.272 e. The molecule has 16 heteroatoms. The molecule has 15 nitrogen and oxygen atoms in total. The second-order valence-electron chi connectivity index (χ2n) is 16.8. The van der Waals surface area contributed by atoms with Crippen molar-refractivity contribution in [1.29, 1.82) is 0 Å². The fraction of sp³-hybridized carbons (Fsp3) is 0.511.